The number of aryl methyl sites for hydroxylation is 1. The number of ether oxygens (including phenoxy) is 1. The lowest BCUT2D eigenvalue weighted by atomic mass is 9.76. The Morgan fingerprint density at radius 3 is 2.25 bits per heavy atom. The molecule has 5 nitrogen and oxygen atoms in total. The average Bonchev–Trinajstić information content (AvgIpc) is 3.18. The van der Waals surface area contributed by atoms with Gasteiger partial charge in [0, 0.05) is 24.0 Å². The standard InChI is InChI=1S/C24H27BF2N2O3/c1-16-14-28-21(17-10-12-19(13-11-17)30-22(26)27)29(16)15-18-8-6-7-9-20(18)25-31-23(2,3)24(4,5)32-25/h6-14,22H,15H2,1-5H3. The number of halogens is 2. The summed E-state index contributed by atoms with van der Waals surface area (Å²) >= 11 is 0. The third-order valence-corrected chi connectivity index (χ3v) is 6.28. The van der Waals surface area contributed by atoms with Crippen molar-refractivity contribution in [1.29, 1.82) is 0 Å². The van der Waals surface area contributed by atoms with Crippen LogP contribution in [-0.2, 0) is 15.9 Å². The fourth-order valence-corrected chi connectivity index (χ4v) is 3.72. The summed E-state index contributed by atoms with van der Waals surface area (Å²) < 4.78 is 44.0. The Hall–Kier alpha value is -2.71. The maximum atomic E-state index is 12.5. The topological polar surface area (TPSA) is 45.5 Å². The van der Waals surface area contributed by atoms with E-state index in [1.165, 1.54) is 12.1 Å². The van der Waals surface area contributed by atoms with Crippen molar-refractivity contribution in [2.24, 2.45) is 0 Å². The molecule has 8 heteroatoms. The third kappa shape index (κ3) is 4.29. The van der Waals surface area contributed by atoms with Gasteiger partial charge in [0.05, 0.1) is 11.2 Å². The Morgan fingerprint density at radius 1 is 1.00 bits per heavy atom. The lowest BCUT2D eigenvalue weighted by Crippen LogP contribution is -2.41. The minimum Gasteiger partial charge on any atom is -0.435 e. The number of aromatic nitrogens is 2. The highest BCUT2D eigenvalue weighted by molar-refractivity contribution is 6.62. The highest BCUT2D eigenvalue weighted by Gasteiger charge is 2.52. The number of benzene rings is 2. The molecule has 0 radical (unpaired) electrons. The van der Waals surface area contributed by atoms with E-state index < -0.39 is 24.9 Å². The van der Waals surface area contributed by atoms with Crippen LogP contribution in [0.15, 0.2) is 54.7 Å². The monoisotopic (exact) mass is 440 g/mol. The van der Waals surface area contributed by atoms with E-state index in [4.69, 9.17) is 9.31 Å². The molecule has 1 aromatic heterocycles. The van der Waals surface area contributed by atoms with Crippen LogP contribution < -0.4 is 10.2 Å². The summed E-state index contributed by atoms with van der Waals surface area (Å²) in [4.78, 5) is 4.56. The highest BCUT2D eigenvalue weighted by atomic mass is 19.3. The van der Waals surface area contributed by atoms with Gasteiger partial charge in [-0.2, -0.15) is 8.78 Å². The molecule has 168 valence electrons. The highest BCUT2D eigenvalue weighted by Crippen LogP contribution is 2.36. The molecule has 1 aliphatic rings. The van der Waals surface area contributed by atoms with Crippen LogP contribution in [0.3, 0.4) is 0 Å². The molecule has 4 rings (SSSR count). The summed E-state index contributed by atoms with van der Waals surface area (Å²) in [5, 5.41) is 0. The first-order chi connectivity index (χ1) is 15.1. The van der Waals surface area contributed by atoms with E-state index in [2.05, 4.69) is 20.4 Å². The second-order valence-corrected chi connectivity index (χ2v) is 9.00. The molecule has 0 atom stereocenters. The smallest absolute Gasteiger partial charge is 0.435 e. The number of hydrogen-bond acceptors (Lipinski definition) is 4. The van der Waals surface area contributed by atoms with Crippen molar-refractivity contribution in [3.8, 4) is 17.1 Å². The Kier molecular flexibility index (Phi) is 5.86. The molecule has 0 unspecified atom stereocenters. The molecule has 2 aromatic carbocycles. The summed E-state index contributed by atoms with van der Waals surface area (Å²) in [5.41, 5.74) is 2.98. The summed E-state index contributed by atoms with van der Waals surface area (Å²) in [6, 6.07) is 14.6. The maximum absolute atomic E-state index is 12.5. The van der Waals surface area contributed by atoms with Crippen LogP contribution in [0.1, 0.15) is 39.0 Å². The van der Waals surface area contributed by atoms with E-state index in [1.807, 2.05) is 52.8 Å². The minimum absolute atomic E-state index is 0.115. The van der Waals surface area contributed by atoms with E-state index in [9.17, 15) is 8.78 Å². The molecule has 0 bridgehead atoms. The van der Waals surface area contributed by atoms with Gasteiger partial charge in [0.25, 0.3) is 0 Å². The van der Waals surface area contributed by atoms with Crippen molar-refractivity contribution in [1.82, 2.24) is 9.55 Å². The van der Waals surface area contributed by atoms with Gasteiger partial charge in [-0.3, -0.25) is 0 Å². The molecule has 1 saturated heterocycles. The van der Waals surface area contributed by atoms with Crippen LogP contribution in [0, 0.1) is 6.92 Å². The molecule has 0 amide bonds. The fourth-order valence-electron chi connectivity index (χ4n) is 3.72. The lowest BCUT2D eigenvalue weighted by molar-refractivity contribution is -0.0498. The quantitative estimate of drug-likeness (QED) is 0.517. The molecule has 3 aromatic rings. The van der Waals surface area contributed by atoms with E-state index in [-0.39, 0.29) is 5.75 Å². The average molecular weight is 440 g/mol. The van der Waals surface area contributed by atoms with Crippen LogP contribution >= 0.6 is 0 Å². The summed E-state index contributed by atoms with van der Waals surface area (Å²) in [6.07, 6.45) is 1.80. The first-order valence-electron chi connectivity index (χ1n) is 10.6. The van der Waals surface area contributed by atoms with E-state index in [1.54, 1.807) is 18.3 Å². The van der Waals surface area contributed by atoms with Gasteiger partial charge in [-0.25, -0.2) is 4.98 Å². The van der Waals surface area contributed by atoms with E-state index in [0.717, 1.165) is 28.1 Å². The first kappa shape index (κ1) is 22.5. The van der Waals surface area contributed by atoms with Crippen molar-refractivity contribution in [2.75, 3.05) is 0 Å². The van der Waals surface area contributed by atoms with Gasteiger partial charge >= 0.3 is 13.7 Å². The first-order valence-corrected chi connectivity index (χ1v) is 10.6. The van der Waals surface area contributed by atoms with Crippen LogP contribution in [0.4, 0.5) is 8.78 Å². The minimum atomic E-state index is -2.85. The number of hydrogen-bond donors (Lipinski definition) is 0. The van der Waals surface area contributed by atoms with Crippen LogP contribution in [0.5, 0.6) is 5.75 Å². The summed E-state index contributed by atoms with van der Waals surface area (Å²) in [6.45, 7) is 7.85. The van der Waals surface area contributed by atoms with Crippen LogP contribution in [-0.4, -0.2) is 34.5 Å². The van der Waals surface area contributed by atoms with Crippen LogP contribution in [0.2, 0.25) is 0 Å². The Balaban J connectivity index is 1.64. The van der Waals surface area contributed by atoms with Crippen molar-refractivity contribution in [3.05, 3.63) is 66.0 Å². The SMILES string of the molecule is Cc1cnc(-c2ccc(OC(F)F)cc2)n1Cc1ccccc1B1OC(C)(C)C(C)(C)O1. The van der Waals surface area contributed by atoms with E-state index in [0.29, 0.717) is 6.54 Å². The molecular formula is C24H27BF2N2O3. The van der Waals surface area contributed by atoms with Gasteiger partial charge in [0.2, 0.25) is 0 Å². The Bertz CT molecular complexity index is 1080. The van der Waals surface area contributed by atoms with Crippen molar-refractivity contribution >= 4 is 12.6 Å². The normalized spacial score (nSPS) is 17.2. The van der Waals surface area contributed by atoms with Gasteiger partial charge in [-0.1, -0.05) is 24.3 Å². The third-order valence-electron chi connectivity index (χ3n) is 6.28. The molecular weight excluding hydrogens is 413 g/mol. The largest absolute Gasteiger partial charge is 0.495 e. The van der Waals surface area contributed by atoms with Gasteiger partial charge in [-0.05, 0) is 69.9 Å². The van der Waals surface area contributed by atoms with Crippen molar-refractivity contribution < 1.29 is 22.8 Å². The van der Waals surface area contributed by atoms with Crippen molar-refractivity contribution in [3.63, 3.8) is 0 Å². The predicted molar refractivity (Wildman–Crippen MR) is 120 cm³/mol. The second-order valence-electron chi connectivity index (χ2n) is 9.00. The second kappa shape index (κ2) is 8.33. The Labute approximate surface area is 187 Å². The lowest BCUT2D eigenvalue weighted by Gasteiger charge is -2.32. The molecule has 1 aliphatic heterocycles. The molecule has 0 spiro atoms. The Morgan fingerprint density at radius 2 is 1.62 bits per heavy atom. The van der Waals surface area contributed by atoms with Gasteiger partial charge in [0.1, 0.15) is 11.6 Å². The number of rotatable bonds is 6. The molecule has 0 aliphatic carbocycles. The van der Waals surface area contributed by atoms with Gasteiger partial charge in [0.15, 0.2) is 0 Å². The number of imidazole rings is 1. The number of nitrogens with zero attached hydrogens (tertiary/aromatic N) is 2. The zero-order valence-corrected chi connectivity index (χ0v) is 18.9. The predicted octanol–water partition coefficient (Wildman–Crippen LogP) is 4.81. The van der Waals surface area contributed by atoms with Crippen LogP contribution in [0.25, 0.3) is 11.4 Å². The zero-order valence-electron chi connectivity index (χ0n) is 18.9. The van der Waals surface area contributed by atoms with E-state index >= 15 is 0 Å². The molecule has 0 saturated carbocycles. The molecule has 2 heterocycles. The fraction of sp³-hybridized carbons (Fsp3) is 0.375. The summed E-state index contributed by atoms with van der Waals surface area (Å²) in [5.74, 6) is 0.861. The van der Waals surface area contributed by atoms with Crippen molar-refractivity contribution in [2.45, 2.75) is 59.0 Å². The maximum Gasteiger partial charge on any atom is 0.495 e. The summed E-state index contributed by atoms with van der Waals surface area (Å²) in [7, 11) is -0.464. The molecule has 0 N–H and O–H groups in total. The van der Waals surface area contributed by atoms with Gasteiger partial charge < -0.3 is 18.6 Å². The zero-order chi connectivity index (χ0) is 23.1. The number of alkyl halides is 2. The van der Waals surface area contributed by atoms with Gasteiger partial charge in [-0.15, -0.1) is 0 Å². The molecule has 32 heavy (non-hydrogen) atoms. The molecule has 1 fully saturated rings.